The van der Waals surface area contributed by atoms with Crippen LogP contribution in [0.2, 0.25) is 0 Å². The van der Waals surface area contributed by atoms with Crippen LogP contribution in [0.15, 0.2) is 0 Å². The molecule has 0 saturated heterocycles. The summed E-state index contributed by atoms with van der Waals surface area (Å²) in [4.78, 5) is 0. The summed E-state index contributed by atoms with van der Waals surface area (Å²) in [6.07, 6.45) is 0. The van der Waals surface area contributed by atoms with Crippen LogP contribution in [-0.2, 0) is 38.9 Å². The van der Waals surface area contributed by atoms with Gasteiger partial charge in [0.25, 0.3) is 0 Å². The zero-order chi connectivity index (χ0) is 3.58. The van der Waals surface area contributed by atoms with E-state index in [-0.39, 0.29) is 57.8 Å². The smallest absolute Gasteiger partial charge is 0.0495 e. The van der Waals surface area contributed by atoms with Crippen molar-refractivity contribution in [2.45, 2.75) is 0 Å². The van der Waals surface area contributed by atoms with Crippen LogP contribution in [0.1, 0.15) is 0 Å². The molecule has 0 aliphatic carbocycles. The molecule has 12 heavy (non-hydrogen) atoms. The molecule has 84 valence electrons. The van der Waals surface area contributed by atoms with Crippen LogP contribution in [-0.4, -0.2) is 42.9 Å². The van der Waals surface area contributed by atoms with Gasteiger partial charge in [0.1, 0.15) is 0 Å². The van der Waals surface area contributed by atoms with Crippen molar-refractivity contribution >= 4 is 11.0 Å². The summed E-state index contributed by atoms with van der Waals surface area (Å²) in [6.45, 7) is 0. The van der Waals surface area contributed by atoms with Crippen molar-refractivity contribution in [2.75, 3.05) is 0 Å². The van der Waals surface area contributed by atoms with Gasteiger partial charge in [-0.2, -0.15) is 0 Å². The van der Waals surface area contributed by atoms with Gasteiger partial charge >= 0.3 is 0 Å². The standard InChI is InChI=1S/HO3S.7H2O.Zn/c1-4(2)3;;;;;;;;/h(H,1,2,3);7*1H2;/q-1;;;;;;;;. The summed E-state index contributed by atoms with van der Waals surface area (Å²) in [5.41, 5.74) is 0. The minimum absolute atomic E-state index is 0. The van der Waals surface area contributed by atoms with Crippen LogP contribution in [0.25, 0.3) is 0 Å². The van der Waals surface area contributed by atoms with Gasteiger partial charge in [-0.3, -0.25) is 0 Å². The Morgan fingerprint density at radius 1 is 0.667 bits per heavy atom. The van der Waals surface area contributed by atoms with E-state index in [0.29, 0.717) is 0 Å². The van der Waals surface area contributed by atoms with Crippen molar-refractivity contribution in [2.24, 2.45) is 0 Å². The van der Waals surface area contributed by atoms with E-state index in [1.165, 1.54) is 0 Å². The van der Waals surface area contributed by atoms with E-state index in [2.05, 4.69) is 0 Å². The molecule has 0 atom stereocenters. The van der Waals surface area contributed by atoms with Gasteiger partial charge in [0.2, 0.25) is 0 Å². The molecule has 0 rings (SSSR count). The predicted molar refractivity (Wildman–Crippen MR) is 36.7 cm³/mol. The molecule has 0 aromatic heterocycles. The van der Waals surface area contributed by atoms with E-state index in [1.54, 1.807) is 0 Å². The van der Waals surface area contributed by atoms with Crippen LogP contribution < -0.4 is 0 Å². The molecule has 0 saturated carbocycles. The maximum Gasteiger partial charge on any atom is 0.0495 e. The molecule has 0 aromatic rings. The van der Waals surface area contributed by atoms with Gasteiger partial charge < -0.3 is 51.3 Å². The van der Waals surface area contributed by atoms with Crippen molar-refractivity contribution < 1.29 is 70.8 Å². The Kier molecular flexibility index (Phi) is 1370. The van der Waals surface area contributed by atoms with Gasteiger partial charge in [-0.05, 0) is 0 Å². The molecule has 10 nitrogen and oxygen atoms in total. The molecule has 0 bridgehead atoms. The maximum atomic E-state index is 8.56. The Morgan fingerprint density at radius 3 is 0.667 bits per heavy atom. The third kappa shape index (κ3) is 13700. The molecule has 0 heterocycles. The summed E-state index contributed by atoms with van der Waals surface area (Å²) < 4.78 is 24.1. The SMILES string of the molecule is O.O.O.O.O.O.O.O=[S-](=O)O.[Zn]. The minimum atomic E-state index is -2.86. The maximum absolute atomic E-state index is 8.56. The molecule has 0 amide bonds. The fourth-order valence-corrected chi connectivity index (χ4v) is 0. The van der Waals surface area contributed by atoms with Crippen molar-refractivity contribution in [3.8, 4) is 0 Å². The second-order valence-electron chi connectivity index (χ2n) is 0.217. The van der Waals surface area contributed by atoms with Crippen LogP contribution >= 0.6 is 0 Å². The molecule has 0 aliphatic rings. The third-order valence-electron chi connectivity index (χ3n) is 0. The molecule has 0 aliphatic heterocycles. The molecular weight excluding hydrogens is 257 g/mol. The van der Waals surface area contributed by atoms with Gasteiger partial charge in [-0.25, -0.2) is 0 Å². The number of hydrogen-bond donors (Lipinski definition) is 1. The molecular formula is H15O10SZn-. The van der Waals surface area contributed by atoms with Crippen molar-refractivity contribution in [1.29, 1.82) is 0 Å². The Hall–Kier alpha value is 0.253. The largest absolute Gasteiger partial charge is 0.439 e. The summed E-state index contributed by atoms with van der Waals surface area (Å²) >= 11 is 0. The Labute approximate surface area is 82.3 Å². The summed E-state index contributed by atoms with van der Waals surface area (Å²) in [5, 5.41) is 0. The second-order valence-corrected chi connectivity index (χ2v) is 0.651. The fraction of sp³-hybridized carbons (Fsp3) is 0. The monoisotopic (exact) mass is 271 g/mol. The van der Waals surface area contributed by atoms with Crippen LogP contribution in [0.4, 0.5) is 0 Å². The van der Waals surface area contributed by atoms with E-state index in [0.717, 1.165) is 0 Å². The van der Waals surface area contributed by atoms with Crippen molar-refractivity contribution in [3.63, 3.8) is 0 Å². The Balaban J connectivity index is -0.00000000161. The zero-order valence-electron chi connectivity index (χ0n) is 5.88. The van der Waals surface area contributed by atoms with E-state index in [4.69, 9.17) is 13.0 Å². The average Bonchev–Trinajstić information content (AvgIpc) is 0.811. The molecule has 0 spiro atoms. The van der Waals surface area contributed by atoms with Gasteiger partial charge in [-0.1, -0.05) is 0 Å². The molecule has 12 heteroatoms. The summed E-state index contributed by atoms with van der Waals surface area (Å²) in [7, 11) is -2.86. The molecule has 0 unspecified atom stereocenters. The Morgan fingerprint density at radius 2 is 0.667 bits per heavy atom. The van der Waals surface area contributed by atoms with E-state index in [9.17, 15) is 0 Å². The first kappa shape index (κ1) is 147. The van der Waals surface area contributed by atoms with Gasteiger partial charge in [0.15, 0.2) is 0 Å². The van der Waals surface area contributed by atoms with Gasteiger partial charge in [0.05, 0.1) is 0 Å². The van der Waals surface area contributed by atoms with E-state index < -0.39 is 11.0 Å². The average molecular weight is 273 g/mol. The first-order valence-electron chi connectivity index (χ1n) is 0.516. The van der Waals surface area contributed by atoms with Gasteiger partial charge in [0, 0.05) is 30.5 Å². The number of hydrogen-bond acceptors (Lipinski definition) is 3. The predicted octanol–water partition coefficient (Wildman–Crippen LogP) is -6.01. The van der Waals surface area contributed by atoms with Crippen molar-refractivity contribution in [3.05, 3.63) is 0 Å². The summed E-state index contributed by atoms with van der Waals surface area (Å²) in [6, 6.07) is 0. The summed E-state index contributed by atoms with van der Waals surface area (Å²) in [5.74, 6) is 0. The van der Waals surface area contributed by atoms with E-state index in [1.807, 2.05) is 0 Å². The third-order valence-corrected chi connectivity index (χ3v) is 0. The fourth-order valence-electron chi connectivity index (χ4n) is 0. The molecule has 0 fully saturated rings. The second kappa shape index (κ2) is 112. The first-order valence-corrected chi connectivity index (χ1v) is 1.55. The minimum Gasteiger partial charge on any atom is -0.439 e. The Bertz CT molecular complexity index is 58.2. The normalized spacial score (nSPS) is 2.83. The van der Waals surface area contributed by atoms with Crippen molar-refractivity contribution in [1.82, 2.24) is 0 Å². The quantitative estimate of drug-likeness (QED) is 0.195. The molecule has 0 aromatic carbocycles. The van der Waals surface area contributed by atoms with Crippen LogP contribution in [0.3, 0.4) is 0 Å². The molecule has 0 radical (unpaired) electrons. The van der Waals surface area contributed by atoms with E-state index >= 15 is 0 Å². The first-order chi connectivity index (χ1) is 1.73. The van der Waals surface area contributed by atoms with Crippen LogP contribution in [0, 0.1) is 0 Å². The van der Waals surface area contributed by atoms with Gasteiger partial charge in [-0.15, -0.1) is 0 Å². The zero-order valence-corrected chi connectivity index (χ0v) is 9.66. The van der Waals surface area contributed by atoms with Crippen LogP contribution in [0.5, 0.6) is 0 Å². The molecule has 15 N–H and O–H groups in total. The topological polar surface area (TPSA) is 275 Å². The number of rotatable bonds is 0.